The van der Waals surface area contributed by atoms with Crippen molar-refractivity contribution in [2.24, 2.45) is 0 Å². The standard InChI is InChI=1S/C20H23N3O4/c1-4-14(2)23(20(24)17-9-6-12-26-17)11-10-18-21-19(22-27-18)15-7-5-8-16(13-15)25-3/h5-9,12-14H,4,10-11H2,1-3H3/t14-/m0/s1. The quantitative estimate of drug-likeness (QED) is 0.600. The lowest BCUT2D eigenvalue weighted by atomic mass is 10.2. The number of hydrogen-bond donors (Lipinski definition) is 0. The number of carbonyl (C=O) groups is 1. The highest BCUT2D eigenvalue weighted by atomic mass is 16.5. The summed E-state index contributed by atoms with van der Waals surface area (Å²) in [6.45, 7) is 4.52. The smallest absolute Gasteiger partial charge is 0.289 e. The van der Waals surface area contributed by atoms with Crippen molar-refractivity contribution in [3.8, 4) is 17.1 Å². The van der Waals surface area contributed by atoms with Crippen LogP contribution in [0.4, 0.5) is 0 Å². The monoisotopic (exact) mass is 369 g/mol. The molecule has 142 valence electrons. The molecule has 0 radical (unpaired) electrons. The van der Waals surface area contributed by atoms with Crippen LogP contribution in [-0.2, 0) is 6.42 Å². The van der Waals surface area contributed by atoms with Gasteiger partial charge in [-0.3, -0.25) is 4.79 Å². The molecule has 0 aliphatic heterocycles. The van der Waals surface area contributed by atoms with Crippen LogP contribution in [0.1, 0.15) is 36.7 Å². The van der Waals surface area contributed by atoms with Crippen LogP contribution >= 0.6 is 0 Å². The van der Waals surface area contributed by atoms with Gasteiger partial charge in [0.05, 0.1) is 13.4 Å². The molecule has 0 saturated carbocycles. The molecule has 7 heteroatoms. The van der Waals surface area contributed by atoms with Crippen molar-refractivity contribution in [3.63, 3.8) is 0 Å². The molecule has 0 spiro atoms. The predicted molar refractivity (Wildman–Crippen MR) is 99.5 cm³/mol. The Labute approximate surface area is 157 Å². The van der Waals surface area contributed by atoms with Crippen LogP contribution in [0.15, 0.2) is 51.6 Å². The van der Waals surface area contributed by atoms with Gasteiger partial charge in [-0.1, -0.05) is 24.2 Å². The second kappa shape index (κ2) is 8.53. The number of rotatable bonds is 8. The van der Waals surface area contributed by atoms with E-state index in [1.165, 1.54) is 6.26 Å². The van der Waals surface area contributed by atoms with E-state index < -0.39 is 0 Å². The average molecular weight is 369 g/mol. The molecule has 0 fully saturated rings. The molecule has 2 aromatic heterocycles. The molecule has 0 unspecified atom stereocenters. The number of hydrogen-bond acceptors (Lipinski definition) is 6. The Balaban J connectivity index is 1.70. The SMILES string of the molecule is CC[C@H](C)N(CCc1nc(-c2cccc(OC)c2)no1)C(=O)c1ccco1. The van der Waals surface area contributed by atoms with Gasteiger partial charge in [-0.25, -0.2) is 0 Å². The molecular weight excluding hydrogens is 346 g/mol. The van der Waals surface area contributed by atoms with Crippen LogP contribution < -0.4 is 4.74 Å². The van der Waals surface area contributed by atoms with Gasteiger partial charge >= 0.3 is 0 Å². The van der Waals surface area contributed by atoms with E-state index in [9.17, 15) is 4.79 Å². The lowest BCUT2D eigenvalue weighted by Crippen LogP contribution is -2.39. The van der Waals surface area contributed by atoms with Crippen LogP contribution in [0.25, 0.3) is 11.4 Å². The highest BCUT2D eigenvalue weighted by Gasteiger charge is 2.23. The number of benzene rings is 1. The summed E-state index contributed by atoms with van der Waals surface area (Å²) in [6.07, 6.45) is 2.81. The fourth-order valence-electron chi connectivity index (χ4n) is 2.74. The third-order valence-electron chi connectivity index (χ3n) is 4.48. The van der Waals surface area contributed by atoms with Gasteiger partial charge in [0.1, 0.15) is 5.75 Å². The molecule has 0 saturated heterocycles. The number of methoxy groups -OCH3 is 1. The van der Waals surface area contributed by atoms with E-state index in [-0.39, 0.29) is 11.9 Å². The molecule has 2 heterocycles. The Morgan fingerprint density at radius 1 is 1.30 bits per heavy atom. The minimum Gasteiger partial charge on any atom is -0.497 e. The van der Waals surface area contributed by atoms with Crippen LogP contribution in [0.2, 0.25) is 0 Å². The van der Waals surface area contributed by atoms with Crippen molar-refractivity contribution in [1.29, 1.82) is 0 Å². The van der Waals surface area contributed by atoms with Crippen LogP contribution in [-0.4, -0.2) is 40.6 Å². The maximum atomic E-state index is 12.7. The minimum atomic E-state index is -0.137. The summed E-state index contributed by atoms with van der Waals surface area (Å²) in [7, 11) is 1.61. The summed E-state index contributed by atoms with van der Waals surface area (Å²) < 4.78 is 15.8. The molecule has 1 amide bonds. The van der Waals surface area contributed by atoms with Crippen molar-refractivity contribution in [1.82, 2.24) is 15.0 Å². The number of aromatic nitrogens is 2. The molecule has 0 aliphatic rings. The Morgan fingerprint density at radius 2 is 2.15 bits per heavy atom. The van der Waals surface area contributed by atoms with Gasteiger partial charge in [-0.05, 0) is 37.6 Å². The summed E-state index contributed by atoms with van der Waals surface area (Å²) in [5, 5.41) is 4.04. The van der Waals surface area contributed by atoms with E-state index in [4.69, 9.17) is 13.7 Å². The van der Waals surface area contributed by atoms with Gasteiger partial charge in [0.2, 0.25) is 11.7 Å². The molecule has 7 nitrogen and oxygen atoms in total. The topological polar surface area (TPSA) is 81.6 Å². The Bertz CT molecular complexity index is 873. The number of amides is 1. The Hall–Kier alpha value is -3.09. The first-order chi connectivity index (χ1) is 13.1. The highest BCUT2D eigenvalue weighted by Crippen LogP contribution is 2.21. The number of nitrogens with zero attached hydrogens (tertiary/aromatic N) is 3. The number of carbonyl (C=O) groups excluding carboxylic acids is 1. The summed E-state index contributed by atoms with van der Waals surface area (Å²) in [4.78, 5) is 18.9. The molecule has 1 aromatic carbocycles. The highest BCUT2D eigenvalue weighted by molar-refractivity contribution is 5.91. The van der Waals surface area contributed by atoms with Crippen molar-refractivity contribution in [2.45, 2.75) is 32.7 Å². The lowest BCUT2D eigenvalue weighted by molar-refractivity contribution is 0.0654. The van der Waals surface area contributed by atoms with Crippen molar-refractivity contribution in [2.75, 3.05) is 13.7 Å². The van der Waals surface area contributed by atoms with Crippen LogP contribution in [0.5, 0.6) is 5.75 Å². The van der Waals surface area contributed by atoms with Gasteiger partial charge in [0.25, 0.3) is 5.91 Å². The molecule has 0 N–H and O–H groups in total. The summed E-state index contributed by atoms with van der Waals surface area (Å²) in [5.41, 5.74) is 0.815. The van der Waals surface area contributed by atoms with Crippen LogP contribution in [0, 0.1) is 0 Å². The van der Waals surface area contributed by atoms with E-state index in [1.54, 1.807) is 24.1 Å². The maximum Gasteiger partial charge on any atom is 0.289 e. The second-order valence-electron chi connectivity index (χ2n) is 6.23. The van der Waals surface area contributed by atoms with E-state index >= 15 is 0 Å². The van der Waals surface area contributed by atoms with Gasteiger partial charge < -0.3 is 18.6 Å². The lowest BCUT2D eigenvalue weighted by Gasteiger charge is -2.27. The zero-order chi connectivity index (χ0) is 19.2. The molecule has 1 atom stereocenters. The zero-order valence-electron chi connectivity index (χ0n) is 15.7. The third kappa shape index (κ3) is 4.36. The van der Waals surface area contributed by atoms with Crippen molar-refractivity contribution in [3.05, 3.63) is 54.3 Å². The summed E-state index contributed by atoms with van der Waals surface area (Å²) in [6, 6.07) is 10.9. The molecule has 3 aromatic rings. The summed E-state index contributed by atoms with van der Waals surface area (Å²) >= 11 is 0. The van der Waals surface area contributed by atoms with E-state index in [2.05, 4.69) is 10.1 Å². The molecule has 3 rings (SSSR count). The zero-order valence-corrected chi connectivity index (χ0v) is 15.7. The fourth-order valence-corrected chi connectivity index (χ4v) is 2.74. The van der Waals surface area contributed by atoms with E-state index in [1.807, 2.05) is 38.1 Å². The normalized spacial score (nSPS) is 12.0. The average Bonchev–Trinajstić information content (AvgIpc) is 3.40. The molecule has 27 heavy (non-hydrogen) atoms. The first-order valence-electron chi connectivity index (χ1n) is 8.93. The van der Waals surface area contributed by atoms with Crippen molar-refractivity contribution >= 4 is 5.91 Å². The van der Waals surface area contributed by atoms with Gasteiger partial charge in [0.15, 0.2) is 5.76 Å². The van der Waals surface area contributed by atoms with Gasteiger partial charge in [-0.15, -0.1) is 0 Å². The van der Waals surface area contributed by atoms with E-state index in [0.717, 1.165) is 17.7 Å². The first-order valence-corrected chi connectivity index (χ1v) is 8.93. The predicted octanol–water partition coefficient (Wildman–Crippen LogP) is 3.82. The molecule has 0 bridgehead atoms. The van der Waals surface area contributed by atoms with Gasteiger partial charge in [-0.2, -0.15) is 4.98 Å². The first kappa shape index (κ1) is 18.7. The minimum absolute atomic E-state index is 0.0726. The van der Waals surface area contributed by atoms with Gasteiger partial charge in [0, 0.05) is 24.6 Å². The third-order valence-corrected chi connectivity index (χ3v) is 4.48. The molecular formula is C20H23N3O4. The Morgan fingerprint density at radius 3 is 2.85 bits per heavy atom. The molecule has 0 aliphatic carbocycles. The largest absolute Gasteiger partial charge is 0.497 e. The Kier molecular flexibility index (Phi) is 5.90. The number of ether oxygens (including phenoxy) is 1. The van der Waals surface area contributed by atoms with Crippen molar-refractivity contribution < 1.29 is 18.5 Å². The van der Waals surface area contributed by atoms with E-state index in [0.29, 0.717) is 30.4 Å². The van der Waals surface area contributed by atoms with Crippen LogP contribution in [0.3, 0.4) is 0 Å². The maximum absolute atomic E-state index is 12.7. The fraction of sp³-hybridized carbons (Fsp3) is 0.350. The number of furan rings is 1. The second-order valence-corrected chi connectivity index (χ2v) is 6.23. The summed E-state index contributed by atoms with van der Waals surface area (Å²) in [5.74, 6) is 1.90.